The summed E-state index contributed by atoms with van der Waals surface area (Å²) in [6.07, 6.45) is 4.45. The summed E-state index contributed by atoms with van der Waals surface area (Å²) in [6.45, 7) is 10.6. The van der Waals surface area contributed by atoms with Gasteiger partial charge in [0.05, 0.1) is 6.54 Å². The minimum absolute atomic E-state index is 0.344. The van der Waals surface area contributed by atoms with E-state index in [0.29, 0.717) is 4.75 Å². The van der Waals surface area contributed by atoms with Crippen LogP contribution >= 0.6 is 11.8 Å². The fourth-order valence-corrected chi connectivity index (χ4v) is 2.94. The summed E-state index contributed by atoms with van der Waals surface area (Å²) in [5.74, 6) is 2.18. The van der Waals surface area contributed by atoms with Gasteiger partial charge in [-0.2, -0.15) is 11.8 Å². The van der Waals surface area contributed by atoms with Gasteiger partial charge in [0.25, 0.3) is 0 Å². The van der Waals surface area contributed by atoms with Crippen LogP contribution in [0.5, 0.6) is 0 Å². The van der Waals surface area contributed by atoms with Crippen molar-refractivity contribution >= 4 is 17.7 Å². The summed E-state index contributed by atoms with van der Waals surface area (Å²) in [5, 5.41) is 6.46. The minimum Gasteiger partial charge on any atom is -0.357 e. The number of thioether (sulfide) groups is 1. The molecule has 1 heterocycles. The number of rotatable bonds is 5. The van der Waals surface area contributed by atoms with E-state index in [9.17, 15) is 0 Å². The van der Waals surface area contributed by atoms with E-state index in [1.54, 1.807) is 0 Å². The van der Waals surface area contributed by atoms with Gasteiger partial charge in [-0.05, 0) is 32.4 Å². The lowest BCUT2D eigenvalue weighted by Gasteiger charge is -2.20. The molecule has 2 N–H and O–H groups in total. The Balaban J connectivity index is 2.45. The minimum atomic E-state index is 0.344. The molecule has 1 aliphatic rings. The van der Waals surface area contributed by atoms with E-state index in [1.165, 1.54) is 18.6 Å². The summed E-state index contributed by atoms with van der Waals surface area (Å²) in [7, 11) is 0. The third kappa shape index (κ3) is 4.47. The Labute approximate surface area is 103 Å². The van der Waals surface area contributed by atoms with Gasteiger partial charge in [0.1, 0.15) is 0 Å². The first-order valence-corrected chi connectivity index (χ1v) is 6.96. The standard InChI is InChI=1S/C12H23N3S/c1-4-8-14-11(13-5-2)15-10-12(3)7-6-9-16-12/h4H,1,5-10H2,2-3H3,(H2,13,14,15). The van der Waals surface area contributed by atoms with Crippen LogP contribution in [0.4, 0.5) is 0 Å². The van der Waals surface area contributed by atoms with Crippen molar-refractivity contribution in [2.75, 3.05) is 25.4 Å². The molecule has 0 spiro atoms. The molecule has 4 heteroatoms. The number of hydrogen-bond donors (Lipinski definition) is 2. The van der Waals surface area contributed by atoms with Crippen molar-refractivity contribution in [1.82, 2.24) is 10.6 Å². The van der Waals surface area contributed by atoms with Crippen LogP contribution < -0.4 is 10.6 Å². The molecule has 0 saturated carbocycles. The molecule has 1 saturated heterocycles. The van der Waals surface area contributed by atoms with Crippen molar-refractivity contribution in [3.8, 4) is 0 Å². The van der Waals surface area contributed by atoms with Gasteiger partial charge in [0, 0.05) is 17.8 Å². The van der Waals surface area contributed by atoms with Crippen LogP contribution in [0, 0.1) is 0 Å². The maximum absolute atomic E-state index is 4.63. The highest BCUT2D eigenvalue weighted by Crippen LogP contribution is 2.37. The molecular formula is C12H23N3S. The van der Waals surface area contributed by atoms with Crippen molar-refractivity contribution in [3.63, 3.8) is 0 Å². The Morgan fingerprint density at radius 2 is 2.38 bits per heavy atom. The number of nitrogens with zero attached hydrogens (tertiary/aromatic N) is 1. The second-order valence-corrected chi connectivity index (χ2v) is 5.95. The third-order valence-corrected chi connectivity index (χ3v) is 4.15. The highest BCUT2D eigenvalue weighted by Gasteiger charge is 2.29. The van der Waals surface area contributed by atoms with Crippen LogP contribution in [-0.2, 0) is 0 Å². The topological polar surface area (TPSA) is 36.4 Å². The number of guanidine groups is 1. The molecule has 1 aliphatic heterocycles. The van der Waals surface area contributed by atoms with E-state index >= 15 is 0 Å². The summed E-state index contributed by atoms with van der Waals surface area (Å²) in [6, 6.07) is 0. The van der Waals surface area contributed by atoms with E-state index in [2.05, 4.69) is 36.1 Å². The Hall–Kier alpha value is -0.640. The quantitative estimate of drug-likeness (QED) is 0.439. The predicted molar refractivity (Wildman–Crippen MR) is 74.3 cm³/mol. The first-order chi connectivity index (χ1) is 7.70. The van der Waals surface area contributed by atoms with Crippen LogP contribution in [0.3, 0.4) is 0 Å². The molecule has 0 aromatic heterocycles. The van der Waals surface area contributed by atoms with Gasteiger partial charge in [0.15, 0.2) is 5.96 Å². The average Bonchev–Trinajstić information content (AvgIpc) is 2.70. The molecule has 0 radical (unpaired) electrons. The van der Waals surface area contributed by atoms with Crippen LogP contribution in [0.25, 0.3) is 0 Å². The second-order valence-electron chi connectivity index (χ2n) is 4.27. The lowest BCUT2D eigenvalue weighted by atomic mass is 10.1. The van der Waals surface area contributed by atoms with Crippen LogP contribution in [0.1, 0.15) is 26.7 Å². The summed E-state index contributed by atoms with van der Waals surface area (Å²) in [5.41, 5.74) is 0. The predicted octanol–water partition coefficient (Wildman–Crippen LogP) is 2.01. The molecule has 1 atom stereocenters. The van der Waals surface area contributed by atoms with Gasteiger partial charge in [-0.25, -0.2) is 0 Å². The molecule has 1 unspecified atom stereocenters. The van der Waals surface area contributed by atoms with E-state index in [-0.39, 0.29) is 0 Å². The molecule has 16 heavy (non-hydrogen) atoms. The lowest BCUT2D eigenvalue weighted by Crippen LogP contribution is -2.38. The zero-order valence-electron chi connectivity index (χ0n) is 10.4. The lowest BCUT2D eigenvalue weighted by molar-refractivity contribution is 0.615. The maximum atomic E-state index is 4.63. The van der Waals surface area contributed by atoms with Gasteiger partial charge >= 0.3 is 0 Å². The van der Waals surface area contributed by atoms with E-state index in [4.69, 9.17) is 0 Å². The van der Waals surface area contributed by atoms with Gasteiger partial charge in [0.2, 0.25) is 0 Å². The molecule has 0 aromatic carbocycles. The Morgan fingerprint density at radius 3 is 2.94 bits per heavy atom. The molecule has 0 bridgehead atoms. The highest BCUT2D eigenvalue weighted by molar-refractivity contribution is 8.00. The maximum Gasteiger partial charge on any atom is 0.191 e. The smallest absolute Gasteiger partial charge is 0.191 e. The molecule has 3 nitrogen and oxygen atoms in total. The van der Waals surface area contributed by atoms with Crippen molar-refractivity contribution < 1.29 is 0 Å². The Kier molecular flexibility index (Phi) is 5.74. The molecule has 0 aliphatic carbocycles. The van der Waals surface area contributed by atoms with Crippen LogP contribution in [0.2, 0.25) is 0 Å². The summed E-state index contributed by atoms with van der Waals surface area (Å²) < 4.78 is 0.344. The number of hydrogen-bond acceptors (Lipinski definition) is 2. The van der Waals surface area contributed by atoms with Gasteiger partial charge in [-0.3, -0.25) is 4.99 Å². The normalized spacial score (nSPS) is 25.5. The SMILES string of the molecule is C=CCNC(=NCC1(C)CCCS1)NCC. The number of nitrogens with one attached hydrogen (secondary N) is 2. The Bertz CT molecular complexity index is 245. The van der Waals surface area contributed by atoms with E-state index < -0.39 is 0 Å². The van der Waals surface area contributed by atoms with Crippen LogP contribution in [0.15, 0.2) is 17.6 Å². The molecule has 1 rings (SSSR count). The summed E-state index contributed by atoms with van der Waals surface area (Å²) >= 11 is 2.05. The van der Waals surface area contributed by atoms with E-state index in [1.807, 2.05) is 17.8 Å². The molecule has 0 amide bonds. The fraction of sp³-hybridized carbons (Fsp3) is 0.750. The van der Waals surface area contributed by atoms with Crippen molar-refractivity contribution in [2.24, 2.45) is 4.99 Å². The molecule has 1 fully saturated rings. The van der Waals surface area contributed by atoms with Crippen molar-refractivity contribution in [2.45, 2.75) is 31.4 Å². The molecule has 0 aromatic rings. The summed E-state index contributed by atoms with van der Waals surface area (Å²) in [4.78, 5) is 4.63. The molecule has 92 valence electrons. The highest BCUT2D eigenvalue weighted by atomic mass is 32.2. The van der Waals surface area contributed by atoms with Gasteiger partial charge in [-0.1, -0.05) is 6.08 Å². The third-order valence-electron chi connectivity index (χ3n) is 2.63. The van der Waals surface area contributed by atoms with E-state index in [0.717, 1.165) is 25.6 Å². The van der Waals surface area contributed by atoms with Crippen molar-refractivity contribution in [1.29, 1.82) is 0 Å². The zero-order valence-corrected chi connectivity index (χ0v) is 11.2. The molecular weight excluding hydrogens is 218 g/mol. The van der Waals surface area contributed by atoms with Gasteiger partial charge in [-0.15, -0.1) is 6.58 Å². The zero-order chi connectivity index (χ0) is 11.9. The Morgan fingerprint density at radius 1 is 1.56 bits per heavy atom. The van der Waals surface area contributed by atoms with Crippen LogP contribution in [-0.4, -0.2) is 36.1 Å². The fourth-order valence-electron chi connectivity index (χ4n) is 1.72. The second kappa shape index (κ2) is 6.84. The first-order valence-electron chi connectivity index (χ1n) is 5.97. The average molecular weight is 241 g/mol. The monoisotopic (exact) mass is 241 g/mol. The van der Waals surface area contributed by atoms with Gasteiger partial charge < -0.3 is 10.6 Å². The first kappa shape index (κ1) is 13.4. The number of aliphatic imine (C=N–C) groups is 1. The largest absolute Gasteiger partial charge is 0.357 e. The van der Waals surface area contributed by atoms with Crippen molar-refractivity contribution in [3.05, 3.63) is 12.7 Å².